The Hall–Kier alpha value is -1.75. The van der Waals surface area contributed by atoms with E-state index in [-0.39, 0.29) is 11.7 Å². The van der Waals surface area contributed by atoms with Crippen LogP contribution < -0.4 is 0 Å². The molecule has 3 nitrogen and oxygen atoms in total. The van der Waals surface area contributed by atoms with Crippen LogP contribution in [0.1, 0.15) is 40.3 Å². The van der Waals surface area contributed by atoms with E-state index in [0.717, 1.165) is 49.3 Å². The van der Waals surface area contributed by atoms with E-state index in [1.807, 2.05) is 29.3 Å². The normalized spacial score (nSPS) is 18.2. The van der Waals surface area contributed by atoms with Crippen LogP contribution in [0, 0.1) is 18.7 Å². The molecule has 1 aromatic carbocycles. The Balaban J connectivity index is 1.55. The van der Waals surface area contributed by atoms with Gasteiger partial charge in [0.1, 0.15) is 11.5 Å². The SMILES string of the molecule is Cc1nc(C(=O)N2CCC[C@H](CCc3ccc(F)cc3)C2)cs1. The zero-order valence-corrected chi connectivity index (χ0v) is 14.1. The largest absolute Gasteiger partial charge is 0.337 e. The van der Waals surface area contributed by atoms with Crippen molar-refractivity contribution in [3.05, 3.63) is 51.7 Å². The van der Waals surface area contributed by atoms with Crippen molar-refractivity contribution in [1.82, 2.24) is 9.88 Å². The maximum atomic E-state index is 12.9. The number of benzene rings is 1. The highest BCUT2D eigenvalue weighted by molar-refractivity contribution is 7.09. The lowest BCUT2D eigenvalue weighted by Crippen LogP contribution is -2.40. The van der Waals surface area contributed by atoms with Gasteiger partial charge in [0.15, 0.2) is 0 Å². The summed E-state index contributed by atoms with van der Waals surface area (Å²) in [6.45, 7) is 3.54. The first kappa shape index (κ1) is 16.1. The Kier molecular flexibility index (Phi) is 5.06. The molecule has 0 aliphatic carbocycles. The lowest BCUT2D eigenvalue weighted by molar-refractivity contribution is 0.0663. The number of aryl methyl sites for hydroxylation is 2. The number of carbonyl (C=O) groups is 1. The van der Waals surface area contributed by atoms with Gasteiger partial charge in [-0.2, -0.15) is 0 Å². The number of piperidine rings is 1. The van der Waals surface area contributed by atoms with Gasteiger partial charge in [-0.1, -0.05) is 12.1 Å². The molecule has 2 aromatic rings. The van der Waals surface area contributed by atoms with Crippen LogP contribution in [0.15, 0.2) is 29.6 Å². The molecule has 0 bridgehead atoms. The van der Waals surface area contributed by atoms with Gasteiger partial charge in [-0.25, -0.2) is 9.37 Å². The third-order valence-electron chi connectivity index (χ3n) is 4.40. The first-order chi connectivity index (χ1) is 11.1. The lowest BCUT2D eigenvalue weighted by atomic mass is 9.91. The summed E-state index contributed by atoms with van der Waals surface area (Å²) in [7, 11) is 0. The van der Waals surface area contributed by atoms with Crippen LogP contribution in [0.4, 0.5) is 4.39 Å². The van der Waals surface area contributed by atoms with E-state index in [4.69, 9.17) is 0 Å². The highest BCUT2D eigenvalue weighted by Crippen LogP contribution is 2.23. The lowest BCUT2D eigenvalue weighted by Gasteiger charge is -2.32. The van der Waals surface area contributed by atoms with Gasteiger partial charge in [-0.05, 0) is 56.2 Å². The number of amides is 1. The Morgan fingerprint density at radius 2 is 2.17 bits per heavy atom. The second-order valence-corrected chi connectivity index (χ2v) is 7.24. The van der Waals surface area contributed by atoms with Crippen molar-refractivity contribution in [3.63, 3.8) is 0 Å². The molecule has 0 N–H and O–H groups in total. The molecule has 1 amide bonds. The molecule has 1 aliphatic heterocycles. The van der Waals surface area contributed by atoms with Crippen molar-refractivity contribution in [3.8, 4) is 0 Å². The zero-order chi connectivity index (χ0) is 16.2. The molecule has 0 radical (unpaired) electrons. The number of hydrogen-bond acceptors (Lipinski definition) is 3. The predicted octanol–water partition coefficient (Wildman–Crippen LogP) is 4.08. The Labute approximate surface area is 140 Å². The fourth-order valence-electron chi connectivity index (χ4n) is 3.13. The minimum Gasteiger partial charge on any atom is -0.337 e. The van der Waals surface area contributed by atoms with Gasteiger partial charge in [0.05, 0.1) is 5.01 Å². The molecule has 2 heterocycles. The first-order valence-corrected chi connectivity index (χ1v) is 8.95. The Morgan fingerprint density at radius 3 is 2.87 bits per heavy atom. The molecule has 122 valence electrons. The maximum absolute atomic E-state index is 12.9. The molecule has 1 atom stereocenters. The van der Waals surface area contributed by atoms with Crippen LogP contribution >= 0.6 is 11.3 Å². The first-order valence-electron chi connectivity index (χ1n) is 8.07. The second-order valence-electron chi connectivity index (χ2n) is 6.18. The Morgan fingerprint density at radius 1 is 1.39 bits per heavy atom. The summed E-state index contributed by atoms with van der Waals surface area (Å²) in [6.07, 6.45) is 4.16. The molecule has 0 unspecified atom stereocenters. The molecule has 23 heavy (non-hydrogen) atoms. The van der Waals surface area contributed by atoms with Crippen molar-refractivity contribution < 1.29 is 9.18 Å². The topological polar surface area (TPSA) is 33.2 Å². The van der Waals surface area contributed by atoms with Crippen LogP contribution in [-0.4, -0.2) is 28.9 Å². The van der Waals surface area contributed by atoms with E-state index in [1.54, 1.807) is 0 Å². The van der Waals surface area contributed by atoms with Crippen LogP contribution in [0.2, 0.25) is 0 Å². The highest BCUT2D eigenvalue weighted by atomic mass is 32.1. The Bertz CT molecular complexity index is 668. The van der Waals surface area contributed by atoms with E-state index in [9.17, 15) is 9.18 Å². The van der Waals surface area contributed by atoms with Crippen LogP contribution in [0.3, 0.4) is 0 Å². The van der Waals surface area contributed by atoms with Crippen molar-refractivity contribution in [2.45, 2.75) is 32.6 Å². The molecule has 3 rings (SSSR count). The summed E-state index contributed by atoms with van der Waals surface area (Å²) < 4.78 is 12.9. The molecule has 1 aromatic heterocycles. The van der Waals surface area contributed by atoms with E-state index in [0.29, 0.717) is 11.6 Å². The molecule has 1 saturated heterocycles. The zero-order valence-electron chi connectivity index (χ0n) is 13.3. The van der Waals surface area contributed by atoms with Crippen molar-refractivity contribution in [1.29, 1.82) is 0 Å². The van der Waals surface area contributed by atoms with Crippen LogP contribution in [0.5, 0.6) is 0 Å². The number of nitrogens with zero attached hydrogens (tertiary/aromatic N) is 2. The van der Waals surface area contributed by atoms with E-state index < -0.39 is 0 Å². The van der Waals surface area contributed by atoms with Crippen molar-refractivity contribution in [2.75, 3.05) is 13.1 Å². The monoisotopic (exact) mass is 332 g/mol. The number of hydrogen-bond donors (Lipinski definition) is 0. The molecule has 1 fully saturated rings. The molecule has 5 heteroatoms. The van der Waals surface area contributed by atoms with Gasteiger partial charge in [0, 0.05) is 18.5 Å². The average molecular weight is 332 g/mol. The van der Waals surface area contributed by atoms with Crippen LogP contribution in [-0.2, 0) is 6.42 Å². The predicted molar refractivity (Wildman–Crippen MR) is 90.2 cm³/mol. The number of thiazole rings is 1. The number of likely N-dealkylation sites (tertiary alicyclic amines) is 1. The summed E-state index contributed by atoms with van der Waals surface area (Å²) in [6, 6.07) is 6.71. The summed E-state index contributed by atoms with van der Waals surface area (Å²) in [4.78, 5) is 18.7. The fourth-order valence-corrected chi connectivity index (χ4v) is 3.72. The summed E-state index contributed by atoms with van der Waals surface area (Å²) in [5, 5.41) is 2.78. The maximum Gasteiger partial charge on any atom is 0.273 e. The molecular formula is C18H21FN2OS. The number of carbonyl (C=O) groups excluding carboxylic acids is 1. The third kappa shape index (κ3) is 4.16. The average Bonchev–Trinajstić information content (AvgIpc) is 3.00. The smallest absolute Gasteiger partial charge is 0.273 e. The summed E-state index contributed by atoms with van der Waals surface area (Å²) in [5.41, 5.74) is 1.73. The van der Waals surface area contributed by atoms with Crippen molar-refractivity contribution >= 4 is 17.2 Å². The van der Waals surface area contributed by atoms with Gasteiger partial charge in [-0.15, -0.1) is 11.3 Å². The second kappa shape index (κ2) is 7.21. The quantitative estimate of drug-likeness (QED) is 0.845. The summed E-state index contributed by atoms with van der Waals surface area (Å²) in [5.74, 6) is 0.375. The minimum atomic E-state index is -0.193. The molecule has 0 saturated carbocycles. The van der Waals surface area contributed by atoms with Crippen LogP contribution in [0.25, 0.3) is 0 Å². The minimum absolute atomic E-state index is 0.0563. The van der Waals surface area contributed by atoms with Gasteiger partial charge in [0.2, 0.25) is 0 Å². The van der Waals surface area contributed by atoms with Gasteiger partial charge in [0.25, 0.3) is 5.91 Å². The number of rotatable bonds is 4. The van der Waals surface area contributed by atoms with Crippen molar-refractivity contribution in [2.24, 2.45) is 5.92 Å². The molecule has 0 spiro atoms. The molecule has 1 aliphatic rings. The standard InChI is InChI=1S/C18H21FN2OS/c1-13-20-17(12-23-13)18(22)21-10-2-3-15(11-21)5-4-14-6-8-16(19)9-7-14/h6-9,12,15H,2-5,10-11H2,1H3/t15-/m1/s1. The van der Waals surface area contributed by atoms with E-state index in [2.05, 4.69) is 4.98 Å². The van der Waals surface area contributed by atoms with Gasteiger partial charge >= 0.3 is 0 Å². The fraction of sp³-hybridized carbons (Fsp3) is 0.444. The van der Waals surface area contributed by atoms with Gasteiger partial charge in [-0.3, -0.25) is 4.79 Å². The number of aromatic nitrogens is 1. The van der Waals surface area contributed by atoms with E-state index in [1.165, 1.54) is 23.5 Å². The summed E-state index contributed by atoms with van der Waals surface area (Å²) >= 11 is 1.52. The molecular weight excluding hydrogens is 311 g/mol. The number of halogens is 1. The highest BCUT2D eigenvalue weighted by Gasteiger charge is 2.25. The third-order valence-corrected chi connectivity index (χ3v) is 5.17. The van der Waals surface area contributed by atoms with E-state index >= 15 is 0 Å². The van der Waals surface area contributed by atoms with Gasteiger partial charge < -0.3 is 4.90 Å².